The number of ether oxygens (including phenoxy) is 1. The van der Waals surface area contributed by atoms with Crippen LogP contribution in [0, 0.1) is 11.8 Å². The average molecular weight is 201 g/mol. The lowest BCUT2D eigenvalue weighted by Crippen LogP contribution is -2.29. The van der Waals surface area contributed by atoms with Crippen molar-refractivity contribution >= 4 is 0 Å². The van der Waals surface area contributed by atoms with E-state index in [1.165, 1.54) is 19.3 Å². The molecule has 2 atom stereocenters. The highest BCUT2D eigenvalue weighted by molar-refractivity contribution is 4.68. The van der Waals surface area contributed by atoms with Crippen LogP contribution in [0.4, 0.5) is 0 Å². The summed E-state index contributed by atoms with van der Waals surface area (Å²) in [5.74, 6) is 1.44. The molecule has 0 bridgehead atoms. The molecule has 0 aliphatic carbocycles. The van der Waals surface area contributed by atoms with Crippen LogP contribution in [0.2, 0.25) is 0 Å². The Balaban J connectivity index is 3.74. The number of rotatable bonds is 9. The van der Waals surface area contributed by atoms with Crippen LogP contribution < -0.4 is 5.32 Å². The Hall–Kier alpha value is -0.0800. The Kier molecular flexibility index (Phi) is 9.42. The minimum absolute atomic E-state index is 0.671. The lowest BCUT2D eigenvalue weighted by Gasteiger charge is -2.23. The van der Waals surface area contributed by atoms with Crippen LogP contribution in [0.25, 0.3) is 0 Å². The van der Waals surface area contributed by atoms with Gasteiger partial charge < -0.3 is 10.1 Å². The minimum Gasteiger partial charge on any atom is -0.384 e. The molecule has 1 N–H and O–H groups in total. The number of nitrogens with one attached hydrogen (secondary N) is 1. The highest BCUT2D eigenvalue weighted by Crippen LogP contribution is 2.16. The maximum atomic E-state index is 5.21. The largest absolute Gasteiger partial charge is 0.384 e. The Morgan fingerprint density at radius 2 is 1.93 bits per heavy atom. The molecule has 0 heterocycles. The maximum absolute atomic E-state index is 5.21. The molecule has 0 aliphatic heterocycles. The third-order valence-electron chi connectivity index (χ3n) is 2.73. The van der Waals surface area contributed by atoms with Gasteiger partial charge in [0.05, 0.1) is 0 Å². The second-order valence-electron chi connectivity index (χ2n) is 4.19. The lowest BCUT2D eigenvalue weighted by molar-refractivity contribution is 0.125. The van der Waals surface area contributed by atoms with Gasteiger partial charge in [0.1, 0.15) is 0 Å². The topological polar surface area (TPSA) is 21.3 Å². The molecule has 2 nitrogen and oxygen atoms in total. The van der Waals surface area contributed by atoms with E-state index in [1.807, 2.05) is 0 Å². The Morgan fingerprint density at radius 3 is 2.43 bits per heavy atom. The molecule has 0 spiro atoms. The second-order valence-corrected chi connectivity index (χ2v) is 4.19. The molecule has 0 rings (SSSR count). The van der Waals surface area contributed by atoms with Crippen molar-refractivity contribution in [3.8, 4) is 0 Å². The number of hydrogen-bond donors (Lipinski definition) is 1. The molecule has 2 unspecified atom stereocenters. The standard InChI is InChI=1S/C12H27NO/c1-5-7-12(9-13-8-6-2)11(3)10-14-4/h11-13H,5-10H2,1-4H3. The third-order valence-corrected chi connectivity index (χ3v) is 2.73. The number of hydrogen-bond acceptors (Lipinski definition) is 2. The van der Waals surface area contributed by atoms with Crippen LogP contribution in [0.3, 0.4) is 0 Å². The van der Waals surface area contributed by atoms with Gasteiger partial charge in [-0.1, -0.05) is 27.2 Å². The van der Waals surface area contributed by atoms with E-state index in [4.69, 9.17) is 4.74 Å². The first kappa shape index (κ1) is 13.9. The van der Waals surface area contributed by atoms with E-state index in [-0.39, 0.29) is 0 Å². The Labute approximate surface area is 89.4 Å². The quantitative estimate of drug-likeness (QED) is 0.579. The highest BCUT2D eigenvalue weighted by atomic mass is 16.5. The summed E-state index contributed by atoms with van der Waals surface area (Å²) in [4.78, 5) is 0. The molecule has 0 aromatic rings. The van der Waals surface area contributed by atoms with E-state index in [2.05, 4.69) is 26.1 Å². The van der Waals surface area contributed by atoms with Gasteiger partial charge >= 0.3 is 0 Å². The normalized spacial score (nSPS) is 15.4. The fourth-order valence-electron chi connectivity index (χ4n) is 1.82. The average Bonchev–Trinajstić information content (AvgIpc) is 2.17. The summed E-state index contributed by atoms with van der Waals surface area (Å²) in [6.07, 6.45) is 3.80. The first-order valence-corrected chi connectivity index (χ1v) is 5.95. The molecule has 0 amide bonds. The Bertz CT molecular complexity index is 117. The first-order chi connectivity index (χ1) is 6.76. The van der Waals surface area contributed by atoms with Gasteiger partial charge in [0.15, 0.2) is 0 Å². The predicted molar refractivity (Wildman–Crippen MR) is 62.6 cm³/mol. The first-order valence-electron chi connectivity index (χ1n) is 5.95. The zero-order chi connectivity index (χ0) is 10.8. The minimum atomic E-state index is 0.671. The van der Waals surface area contributed by atoms with Crippen molar-refractivity contribution in [1.29, 1.82) is 0 Å². The predicted octanol–water partition coefficient (Wildman–Crippen LogP) is 2.68. The zero-order valence-electron chi connectivity index (χ0n) is 10.3. The van der Waals surface area contributed by atoms with Crippen LogP contribution in [0.15, 0.2) is 0 Å². The van der Waals surface area contributed by atoms with Crippen molar-refractivity contribution in [3.63, 3.8) is 0 Å². The van der Waals surface area contributed by atoms with Gasteiger partial charge in [-0.15, -0.1) is 0 Å². The number of methoxy groups -OCH3 is 1. The molecular formula is C12H27NO. The van der Waals surface area contributed by atoms with Crippen LogP contribution in [0.5, 0.6) is 0 Å². The van der Waals surface area contributed by atoms with E-state index < -0.39 is 0 Å². The summed E-state index contributed by atoms with van der Waals surface area (Å²) in [5.41, 5.74) is 0. The third kappa shape index (κ3) is 6.39. The molecule has 0 radical (unpaired) electrons. The van der Waals surface area contributed by atoms with Crippen LogP contribution in [0.1, 0.15) is 40.0 Å². The molecule has 0 aliphatic rings. The molecule has 0 saturated heterocycles. The zero-order valence-corrected chi connectivity index (χ0v) is 10.3. The fraction of sp³-hybridized carbons (Fsp3) is 1.00. The maximum Gasteiger partial charge on any atom is 0.0490 e. The van der Waals surface area contributed by atoms with Crippen LogP contribution in [-0.2, 0) is 4.74 Å². The summed E-state index contributed by atoms with van der Waals surface area (Å²) in [6.45, 7) is 9.93. The van der Waals surface area contributed by atoms with Crippen molar-refractivity contribution in [2.45, 2.75) is 40.0 Å². The molecule has 0 fully saturated rings. The summed E-state index contributed by atoms with van der Waals surface area (Å²) >= 11 is 0. The van der Waals surface area contributed by atoms with Crippen molar-refractivity contribution < 1.29 is 4.74 Å². The monoisotopic (exact) mass is 201 g/mol. The molecule has 14 heavy (non-hydrogen) atoms. The SMILES string of the molecule is CCCNCC(CCC)C(C)COC. The van der Waals surface area contributed by atoms with Crippen molar-refractivity contribution in [2.75, 3.05) is 26.8 Å². The van der Waals surface area contributed by atoms with E-state index in [1.54, 1.807) is 7.11 Å². The van der Waals surface area contributed by atoms with E-state index in [0.717, 1.165) is 25.6 Å². The van der Waals surface area contributed by atoms with E-state index in [0.29, 0.717) is 5.92 Å². The molecular weight excluding hydrogens is 174 g/mol. The van der Waals surface area contributed by atoms with E-state index in [9.17, 15) is 0 Å². The molecule has 0 saturated carbocycles. The van der Waals surface area contributed by atoms with Crippen LogP contribution >= 0.6 is 0 Å². The fourth-order valence-corrected chi connectivity index (χ4v) is 1.82. The van der Waals surface area contributed by atoms with Gasteiger partial charge in [-0.2, -0.15) is 0 Å². The van der Waals surface area contributed by atoms with Gasteiger partial charge in [-0.05, 0) is 37.8 Å². The smallest absolute Gasteiger partial charge is 0.0490 e. The highest BCUT2D eigenvalue weighted by Gasteiger charge is 2.15. The summed E-state index contributed by atoms with van der Waals surface area (Å²) in [7, 11) is 1.79. The summed E-state index contributed by atoms with van der Waals surface area (Å²) in [5, 5.41) is 3.50. The molecule has 86 valence electrons. The van der Waals surface area contributed by atoms with Crippen LogP contribution in [-0.4, -0.2) is 26.8 Å². The lowest BCUT2D eigenvalue weighted by atomic mass is 9.90. The van der Waals surface area contributed by atoms with Crippen molar-refractivity contribution in [1.82, 2.24) is 5.32 Å². The van der Waals surface area contributed by atoms with Gasteiger partial charge in [0.25, 0.3) is 0 Å². The Morgan fingerprint density at radius 1 is 1.21 bits per heavy atom. The molecule has 0 aromatic carbocycles. The van der Waals surface area contributed by atoms with Gasteiger partial charge in [0.2, 0.25) is 0 Å². The summed E-state index contributed by atoms with van der Waals surface area (Å²) in [6, 6.07) is 0. The van der Waals surface area contributed by atoms with Gasteiger partial charge in [-0.25, -0.2) is 0 Å². The van der Waals surface area contributed by atoms with Gasteiger partial charge in [-0.3, -0.25) is 0 Å². The van der Waals surface area contributed by atoms with Crippen molar-refractivity contribution in [3.05, 3.63) is 0 Å². The summed E-state index contributed by atoms with van der Waals surface area (Å²) < 4.78 is 5.21. The molecule has 0 aromatic heterocycles. The van der Waals surface area contributed by atoms with Crippen molar-refractivity contribution in [2.24, 2.45) is 11.8 Å². The van der Waals surface area contributed by atoms with E-state index >= 15 is 0 Å². The van der Waals surface area contributed by atoms with Gasteiger partial charge in [0, 0.05) is 13.7 Å². The second kappa shape index (κ2) is 9.47. The molecule has 2 heteroatoms.